The third kappa shape index (κ3) is 2.45. The monoisotopic (exact) mass is 365 g/mol. The summed E-state index contributed by atoms with van der Waals surface area (Å²) < 4.78 is 17.1. The third-order valence-electron chi connectivity index (χ3n) is 4.30. The molecule has 2 aromatic heterocycles. The van der Waals surface area contributed by atoms with Gasteiger partial charge in [-0.25, -0.2) is 9.37 Å². The lowest BCUT2D eigenvalue weighted by Crippen LogP contribution is -2.03. The molecule has 0 saturated heterocycles. The molecule has 0 bridgehead atoms. The summed E-state index contributed by atoms with van der Waals surface area (Å²) in [6, 6.07) is 11.8. The molecule has 26 heavy (non-hydrogen) atoms. The van der Waals surface area contributed by atoms with E-state index >= 15 is 0 Å². The Kier molecular flexibility index (Phi) is 3.74. The highest BCUT2D eigenvalue weighted by molar-refractivity contribution is 6.33. The largest absolute Gasteiger partial charge is 0.283 e. The molecule has 0 atom stereocenters. The number of nitriles is 1. The van der Waals surface area contributed by atoms with Gasteiger partial charge in [-0.3, -0.25) is 9.25 Å². The number of aromatic nitrogens is 4. The van der Waals surface area contributed by atoms with Gasteiger partial charge in [0.25, 0.3) is 0 Å². The van der Waals surface area contributed by atoms with Gasteiger partial charge in [-0.15, -0.1) is 0 Å². The highest BCUT2D eigenvalue weighted by Crippen LogP contribution is 2.36. The molecule has 0 fully saturated rings. The highest BCUT2D eigenvalue weighted by Gasteiger charge is 2.21. The lowest BCUT2D eigenvalue weighted by molar-refractivity contribution is 0.628. The van der Waals surface area contributed by atoms with E-state index in [1.807, 2.05) is 24.6 Å². The minimum Gasteiger partial charge on any atom is -0.283 e. The van der Waals surface area contributed by atoms with Crippen molar-refractivity contribution in [1.29, 1.82) is 5.26 Å². The van der Waals surface area contributed by atoms with Crippen molar-refractivity contribution in [2.45, 2.75) is 6.92 Å². The minimum absolute atomic E-state index is 0.318. The van der Waals surface area contributed by atoms with Crippen LogP contribution in [0.5, 0.6) is 0 Å². The first-order chi connectivity index (χ1) is 12.5. The molecule has 0 aliphatic carbocycles. The van der Waals surface area contributed by atoms with Crippen molar-refractivity contribution in [3.8, 4) is 23.0 Å². The molecule has 7 heteroatoms. The van der Waals surface area contributed by atoms with Crippen LogP contribution in [0.4, 0.5) is 4.39 Å². The zero-order chi connectivity index (χ0) is 18.4. The molecule has 0 aliphatic rings. The molecular formula is C19H13ClFN5. The molecule has 5 nitrogen and oxygen atoms in total. The van der Waals surface area contributed by atoms with Gasteiger partial charge in [0.2, 0.25) is 0 Å². The molecule has 4 rings (SSSR count). The molecule has 0 N–H and O–H groups in total. The van der Waals surface area contributed by atoms with E-state index in [9.17, 15) is 4.39 Å². The Morgan fingerprint density at radius 1 is 1.19 bits per heavy atom. The zero-order valence-corrected chi connectivity index (χ0v) is 14.8. The summed E-state index contributed by atoms with van der Waals surface area (Å²) in [6.07, 6.45) is 1.68. The molecule has 0 amide bonds. The van der Waals surface area contributed by atoms with Crippen LogP contribution >= 0.6 is 11.6 Å². The molecule has 0 radical (unpaired) electrons. The van der Waals surface area contributed by atoms with E-state index in [1.54, 1.807) is 29.2 Å². The van der Waals surface area contributed by atoms with Crippen LogP contribution in [-0.4, -0.2) is 19.3 Å². The molecule has 4 aromatic rings. The van der Waals surface area contributed by atoms with Gasteiger partial charge < -0.3 is 0 Å². The van der Waals surface area contributed by atoms with Crippen molar-refractivity contribution in [1.82, 2.24) is 19.3 Å². The Morgan fingerprint density at radius 3 is 2.73 bits per heavy atom. The normalized spacial score (nSPS) is 11.0. The first-order valence-corrected chi connectivity index (χ1v) is 8.24. The van der Waals surface area contributed by atoms with E-state index in [4.69, 9.17) is 16.9 Å². The van der Waals surface area contributed by atoms with Gasteiger partial charge in [0.05, 0.1) is 33.4 Å². The van der Waals surface area contributed by atoms with E-state index in [0.717, 1.165) is 22.6 Å². The maximum Gasteiger partial charge on any atom is 0.144 e. The Bertz CT molecular complexity index is 1200. The standard InChI is InChI=1S/C19H13ClFN5/c1-11-18(14-5-4-13(21)8-15(14)20)19(25(2)24-11)26-10-23-16-7-12(9-22)3-6-17(16)26/h3-8,10H,1-2H3. The van der Waals surface area contributed by atoms with Crippen LogP contribution in [0.1, 0.15) is 11.3 Å². The molecule has 2 aromatic carbocycles. The van der Waals surface area contributed by atoms with Gasteiger partial charge in [0, 0.05) is 18.2 Å². The van der Waals surface area contributed by atoms with E-state index in [1.165, 1.54) is 12.1 Å². The van der Waals surface area contributed by atoms with E-state index in [0.29, 0.717) is 21.7 Å². The lowest BCUT2D eigenvalue weighted by atomic mass is 10.1. The molecule has 128 valence electrons. The number of hydrogen-bond acceptors (Lipinski definition) is 3. The Hall–Kier alpha value is -3.17. The summed E-state index contributed by atoms with van der Waals surface area (Å²) in [5.74, 6) is 0.377. The Labute approximate surface area is 153 Å². The minimum atomic E-state index is -0.390. The summed E-state index contributed by atoms with van der Waals surface area (Å²) in [4.78, 5) is 4.40. The van der Waals surface area contributed by atoms with E-state index in [-0.39, 0.29) is 5.82 Å². The van der Waals surface area contributed by atoms with Crippen molar-refractivity contribution < 1.29 is 4.39 Å². The van der Waals surface area contributed by atoms with Crippen LogP contribution in [0.25, 0.3) is 28.0 Å². The SMILES string of the molecule is Cc1nn(C)c(-n2cnc3cc(C#N)ccc32)c1-c1ccc(F)cc1Cl. The second kappa shape index (κ2) is 5.97. The second-order valence-corrected chi connectivity index (χ2v) is 6.37. The molecule has 2 heterocycles. The summed E-state index contributed by atoms with van der Waals surface area (Å²) in [5, 5.41) is 13.9. The maximum atomic E-state index is 13.5. The number of imidazole rings is 1. The third-order valence-corrected chi connectivity index (χ3v) is 4.61. The molecule has 0 aliphatic heterocycles. The number of nitrogens with zero attached hydrogens (tertiary/aromatic N) is 5. The van der Waals surface area contributed by atoms with Crippen LogP contribution in [0.2, 0.25) is 5.02 Å². The zero-order valence-electron chi connectivity index (χ0n) is 14.0. The molecule has 0 unspecified atom stereocenters. The summed E-state index contributed by atoms with van der Waals surface area (Å²) in [6.45, 7) is 1.88. The van der Waals surface area contributed by atoms with E-state index < -0.39 is 0 Å². The fourth-order valence-electron chi connectivity index (χ4n) is 3.18. The molecule has 0 saturated carbocycles. The first-order valence-electron chi connectivity index (χ1n) is 7.86. The van der Waals surface area contributed by atoms with Crippen LogP contribution in [-0.2, 0) is 7.05 Å². The number of fused-ring (bicyclic) bond motifs is 1. The smallest absolute Gasteiger partial charge is 0.144 e. The maximum absolute atomic E-state index is 13.5. The van der Waals surface area contributed by atoms with Crippen LogP contribution < -0.4 is 0 Å². The topological polar surface area (TPSA) is 59.4 Å². The highest BCUT2D eigenvalue weighted by atomic mass is 35.5. The Balaban J connectivity index is 2.01. The first kappa shape index (κ1) is 16.3. The number of rotatable bonds is 2. The average Bonchev–Trinajstić information content (AvgIpc) is 3.14. The van der Waals surface area contributed by atoms with Gasteiger partial charge in [-0.2, -0.15) is 10.4 Å². The number of aryl methyl sites for hydroxylation is 2. The number of benzene rings is 2. The van der Waals surface area contributed by atoms with Crippen molar-refractivity contribution in [2.75, 3.05) is 0 Å². The lowest BCUT2D eigenvalue weighted by Gasteiger charge is -2.10. The van der Waals surface area contributed by atoms with Gasteiger partial charge in [0.1, 0.15) is 18.0 Å². The fourth-order valence-corrected chi connectivity index (χ4v) is 3.44. The van der Waals surface area contributed by atoms with Crippen molar-refractivity contribution in [3.63, 3.8) is 0 Å². The predicted octanol–water partition coefficient (Wildman–Crippen LogP) is 4.40. The van der Waals surface area contributed by atoms with Crippen molar-refractivity contribution >= 4 is 22.6 Å². The summed E-state index contributed by atoms with van der Waals surface area (Å²) in [5.41, 5.74) is 4.37. The van der Waals surface area contributed by atoms with Crippen molar-refractivity contribution in [2.24, 2.45) is 7.05 Å². The van der Waals surface area contributed by atoms with Gasteiger partial charge in [0.15, 0.2) is 0 Å². The average molecular weight is 366 g/mol. The quantitative estimate of drug-likeness (QED) is 0.529. The number of hydrogen-bond donors (Lipinski definition) is 0. The van der Waals surface area contributed by atoms with Crippen LogP contribution in [0, 0.1) is 24.1 Å². The number of halogens is 2. The summed E-state index contributed by atoms with van der Waals surface area (Å²) in [7, 11) is 1.83. The fraction of sp³-hybridized carbons (Fsp3) is 0.105. The van der Waals surface area contributed by atoms with E-state index in [2.05, 4.69) is 16.2 Å². The molecular weight excluding hydrogens is 353 g/mol. The van der Waals surface area contributed by atoms with Crippen LogP contribution in [0.3, 0.4) is 0 Å². The van der Waals surface area contributed by atoms with Gasteiger partial charge in [-0.05, 0) is 43.3 Å². The second-order valence-electron chi connectivity index (χ2n) is 5.96. The summed E-state index contributed by atoms with van der Waals surface area (Å²) >= 11 is 6.30. The van der Waals surface area contributed by atoms with Gasteiger partial charge in [-0.1, -0.05) is 11.6 Å². The van der Waals surface area contributed by atoms with Gasteiger partial charge >= 0.3 is 0 Å². The molecule has 0 spiro atoms. The van der Waals surface area contributed by atoms with Crippen LogP contribution in [0.15, 0.2) is 42.7 Å². The predicted molar refractivity (Wildman–Crippen MR) is 97.7 cm³/mol. The van der Waals surface area contributed by atoms with Crippen molar-refractivity contribution in [3.05, 3.63) is 64.8 Å². The Morgan fingerprint density at radius 2 is 2.00 bits per heavy atom.